The van der Waals surface area contributed by atoms with Gasteiger partial charge in [0.25, 0.3) is 0 Å². The maximum Gasteiger partial charge on any atom is 0.140 e. The second-order valence-corrected chi connectivity index (χ2v) is 6.49. The van der Waals surface area contributed by atoms with Crippen molar-refractivity contribution in [1.29, 1.82) is 0 Å². The van der Waals surface area contributed by atoms with Crippen LogP contribution in [0.25, 0.3) is 0 Å². The van der Waals surface area contributed by atoms with E-state index in [2.05, 4.69) is 11.9 Å². The Bertz CT molecular complexity index is 352. The zero-order chi connectivity index (χ0) is 13.1. The van der Waals surface area contributed by atoms with Gasteiger partial charge in [-0.15, -0.1) is 0 Å². The van der Waals surface area contributed by atoms with E-state index in [-0.39, 0.29) is 5.92 Å². The Morgan fingerprint density at radius 2 is 2.18 bits per heavy atom. The highest BCUT2D eigenvalue weighted by atomic mass is 32.2. The highest BCUT2D eigenvalue weighted by Gasteiger charge is 2.32. The maximum absolute atomic E-state index is 11.4. The molecule has 1 aromatic rings. The number of hydrogen-bond donors (Lipinski definition) is 1. The van der Waals surface area contributed by atoms with Crippen LogP contribution in [0.5, 0.6) is 5.75 Å². The fourth-order valence-corrected chi connectivity index (χ4v) is 2.14. The third-order valence-corrected chi connectivity index (χ3v) is 4.10. The van der Waals surface area contributed by atoms with Gasteiger partial charge in [-0.3, -0.25) is 4.98 Å². The Morgan fingerprint density at radius 1 is 1.53 bits per heavy atom. The molecule has 0 aliphatic rings. The molecule has 0 fully saturated rings. The first kappa shape index (κ1) is 14.3. The summed E-state index contributed by atoms with van der Waals surface area (Å²) in [7, 11) is 1.61. The van der Waals surface area contributed by atoms with Crippen molar-refractivity contribution in [3.63, 3.8) is 0 Å². The van der Waals surface area contributed by atoms with Crippen LogP contribution in [0.4, 0.5) is 0 Å². The molecule has 0 saturated heterocycles. The van der Waals surface area contributed by atoms with Crippen LogP contribution in [0.3, 0.4) is 0 Å². The smallest absolute Gasteiger partial charge is 0.140 e. The fraction of sp³-hybridized carbons (Fsp3) is 0.583. The molecule has 0 radical (unpaired) electrons. The van der Waals surface area contributed by atoms with Gasteiger partial charge in [0.15, 0.2) is 0 Å². The number of hydrogen-bond acceptors (Lipinski definition) is 4. The van der Waals surface area contributed by atoms with Gasteiger partial charge >= 0.3 is 0 Å². The number of nitrogens with zero attached hydrogens (tertiary/aromatic N) is 1. The molecule has 0 aromatic carbocycles. The van der Waals surface area contributed by atoms with Gasteiger partial charge in [-0.1, -0.05) is 6.92 Å². The average Bonchev–Trinajstić information content (AvgIpc) is 2.28. The molecule has 4 nitrogen and oxygen atoms in total. The average molecular weight is 256 g/mol. The standard InChI is InChI=1S/C12H20N2O2S/c1-9(7-12(2,3)17(13)15)11-6-5-10(16-4)8-14-11/h5-6,8-9H,7,13H2,1-4H3/t9-,17?/m1/s1. The predicted octanol–water partition coefficient (Wildman–Crippen LogP) is 1.98. The lowest BCUT2D eigenvalue weighted by Gasteiger charge is -2.27. The minimum absolute atomic E-state index is 0.211. The molecule has 0 aliphatic carbocycles. The van der Waals surface area contributed by atoms with Crippen LogP contribution in [-0.4, -0.2) is 21.4 Å². The summed E-state index contributed by atoms with van der Waals surface area (Å²) < 4.78 is 16.0. The van der Waals surface area contributed by atoms with E-state index in [0.29, 0.717) is 0 Å². The van der Waals surface area contributed by atoms with Crippen LogP contribution in [0.2, 0.25) is 0 Å². The van der Waals surface area contributed by atoms with Crippen LogP contribution in [0.1, 0.15) is 38.8 Å². The van der Waals surface area contributed by atoms with Gasteiger partial charge in [-0.25, -0.2) is 0 Å². The van der Waals surface area contributed by atoms with E-state index in [4.69, 9.17) is 9.88 Å². The number of pyridine rings is 1. The molecule has 1 unspecified atom stereocenters. The summed E-state index contributed by atoms with van der Waals surface area (Å²) in [4.78, 5) is 4.33. The van der Waals surface area contributed by atoms with E-state index in [1.54, 1.807) is 13.3 Å². The maximum atomic E-state index is 11.4. The molecule has 0 bridgehead atoms. The molecule has 2 N–H and O–H groups in total. The van der Waals surface area contributed by atoms with Gasteiger partial charge in [-0.05, 0) is 26.0 Å². The molecular weight excluding hydrogens is 236 g/mol. The van der Waals surface area contributed by atoms with Gasteiger partial charge in [-0.2, -0.15) is 5.14 Å². The normalized spacial score (nSPS) is 15.4. The molecule has 17 heavy (non-hydrogen) atoms. The first-order valence-electron chi connectivity index (χ1n) is 5.53. The molecule has 1 heterocycles. The number of nitrogens with two attached hydrogens (primary N) is 1. The minimum atomic E-state index is -1.33. The zero-order valence-electron chi connectivity index (χ0n) is 10.8. The lowest BCUT2D eigenvalue weighted by atomic mass is 9.95. The summed E-state index contributed by atoms with van der Waals surface area (Å²) in [5.74, 6) is 0.950. The summed E-state index contributed by atoms with van der Waals surface area (Å²) in [5.41, 5.74) is 0.962. The monoisotopic (exact) mass is 256 g/mol. The Kier molecular flexibility index (Phi) is 4.80. The summed E-state index contributed by atoms with van der Waals surface area (Å²) in [6.07, 6.45) is 2.42. The molecule has 2 atom stereocenters. The molecule has 0 saturated carbocycles. The van der Waals surface area contributed by atoms with E-state index in [1.165, 1.54) is 0 Å². The predicted molar refractivity (Wildman–Crippen MR) is 70.2 cm³/mol. The Morgan fingerprint density at radius 3 is 2.59 bits per heavy atom. The molecule has 1 aromatic heterocycles. The minimum Gasteiger partial charge on any atom is -0.598 e. The first-order valence-corrected chi connectivity index (χ1v) is 6.74. The number of aromatic nitrogens is 1. The van der Waals surface area contributed by atoms with Crippen LogP contribution in [0, 0.1) is 0 Å². The largest absolute Gasteiger partial charge is 0.598 e. The lowest BCUT2D eigenvalue weighted by molar-refractivity contribution is 0.412. The Labute approximate surface area is 106 Å². The molecule has 0 amide bonds. The van der Waals surface area contributed by atoms with Crippen molar-refractivity contribution in [3.8, 4) is 5.75 Å². The van der Waals surface area contributed by atoms with Crippen molar-refractivity contribution < 1.29 is 9.29 Å². The SMILES string of the molecule is COc1ccc([C@H](C)CC(C)(C)[S+](N)[O-])nc1. The highest BCUT2D eigenvalue weighted by molar-refractivity contribution is 7.90. The third-order valence-electron chi connectivity index (χ3n) is 2.84. The van der Waals surface area contributed by atoms with E-state index in [9.17, 15) is 4.55 Å². The Hall–Kier alpha value is -0.780. The van der Waals surface area contributed by atoms with E-state index in [0.717, 1.165) is 17.9 Å². The van der Waals surface area contributed by atoms with Crippen LogP contribution in [-0.2, 0) is 11.4 Å². The highest BCUT2D eigenvalue weighted by Crippen LogP contribution is 2.29. The van der Waals surface area contributed by atoms with E-state index < -0.39 is 16.1 Å². The van der Waals surface area contributed by atoms with Crippen LogP contribution < -0.4 is 9.88 Å². The van der Waals surface area contributed by atoms with Gasteiger partial charge in [0.1, 0.15) is 10.5 Å². The van der Waals surface area contributed by atoms with Gasteiger partial charge in [0.2, 0.25) is 0 Å². The second kappa shape index (κ2) is 5.71. The summed E-state index contributed by atoms with van der Waals surface area (Å²) in [5, 5.41) is 5.47. The van der Waals surface area contributed by atoms with Crippen molar-refractivity contribution in [2.75, 3.05) is 7.11 Å². The second-order valence-electron chi connectivity index (χ2n) is 4.79. The van der Waals surface area contributed by atoms with Crippen LogP contribution in [0.15, 0.2) is 18.3 Å². The van der Waals surface area contributed by atoms with Crippen molar-refractivity contribution in [2.24, 2.45) is 5.14 Å². The van der Waals surface area contributed by atoms with Gasteiger partial charge in [0.05, 0.1) is 13.3 Å². The molecule has 1 rings (SSSR count). The zero-order valence-corrected chi connectivity index (χ0v) is 11.6. The van der Waals surface area contributed by atoms with E-state index in [1.807, 2.05) is 26.0 Å². The van der Waals surface area contributed by atoms with Gasteiger partial charge < -0.3 is 9.29 Å². The summed E-state index contributed by atoms with van der Waals surface area (Å²) in [6.45, 7) is 5.87. The lowest BCUT2D eigenvalue weighted by Crippen LogP contribution is -2.38. The quantitative estimate of drug-likeness (QED) is 0.818. The molecule has 0 spiro atoms. The van der Waals surface area contributed by atoms with Crippen molar-refractivity contribution in [1.82, 2.24) is 4.98 Å². The fourth-order valence-electron chi connectivity index (χ4n) is 1.73. The van der Waals surface area contributed by atoms with Crippen LogP contribution >= 0.6 is 0 Å². The van der Waals surface area contributed by atoms with Crippen molar-refractivity contribution in [3.05, 3.63) is 24.0 Å². The van der Waals surface area contributed by atoms with Crippen molar-refractivity contribution >= 4 is 11.4 Å². The number of ether oxygens (including phenoxy) is 1. The van der Waals surface area contributed by atoms with Crippen molar-refractivity contribution in [2.45, 2.75) is 37.9 Å². The third kappa shape index (κ3) is 3.87. The van der Waals surface area contributed by atoms with Gasteiger partial charge in [0, 0.05) is 29.4 Å². The first-order chi connectivity index (χ1) is 7.86. The number of rotatable bonds is 5. The summed E-state index contributed by atoms with van der Waals surface area (Å²) in [6, 6.07) is 3.81. The number of methoxy groups -OCH3 is 1. The molecule has 5 heteroatoms. The molecule has 0 aliphatic heterocycles. The molecular formula is C12H20N2O2S. The topological polar surface area (TPSA) is 71.2 Å². The summed E-state index contributed by atoms with van der Waals surface area (Å²) >= 11 is -1.33. The Balaban J connectivity index is 2.72. The molecule has 96 valence electrons. The van der Waals surface area contributed by atoms with E-state index >= 15 is 0 Å².